The van der Waals surface area contributed by atoms with E-state index in [4.69, 9.17) is 37.9 Å². The smallest absolute Gasteiger partial charge is 0.304 e. The molecule has 8 nitrogen and oxygen atoms in total. The van der Waals surface area contributed by atoms with E-state index in [0.29, 0.717) is 29.4 Å². The number of nitrogens with zero attached hydrogens (tertiary/aromatic N) is 3. The zero-order valence-corrected chi connectivity index (χ0v) is 18.4. The monoisotopic (exact) mass is 469 g/mol. The average molecular weight is 470 g/mol. The summed E-state index contributed by atoms with van der Waals surface area (Å²) in [5.41, 5.74) is 2.65. The Morgan fingerprint density at radius 2 is 2.03 bits per heavy atom. The van der Waals surface area contributed by atoms with Crippen molar-refractivity contribution in [3.63, 3.8) is 0 Å². The van der Waals surface area contributed by atoms with E-state index in [9.17, 15) is 4.79 Å². The van der Waals surface area contributed by atoms with Gasteiger partial charge in [-0.25, -0.2) is 0 Å². The van der Waals surface area contributed by atoms with Gasteiger partial charge in [-0.05, 0) is 48.7 Å². The fraction of sp³-hybridized carbons (Fsp3) is 0.182. The van der Waals surface area contributed by atoms with Gasteiger partial charge in [0.2, 0.25) is 5.91 Å². The van der Waals surface area contributed by atoms with Crippen molar-refractivity contribution in [1.82, 2.24) is 10.6 Å². The molecule has 10 heteroatoms. The van der Waals surface area contributed by atoms with Crippen molar-refractivity contribution in [2.24, 2.45) is 9.98 Å². The molecule has 162 valence electrons. The second kappa shape index (κ2) is 9.30. The van der Waals surface area contributed by atoms with E-state index in [2.05, 4.69) is 20.6 Å². The maximum atomic E-state index is 11.9. The highest BCUT2D eigenvalue weighted by atomic mass is 35.5. The number of amides is 1. The molecule has 0 fully saturated rings. The Hall–Kier alpha value is -3.54. The minimum atomic E-state index is -0.313. The van der Waals surface area contributed by atoms with Crippen LogP contribution < -0.4 is 20.1 Å². The van der Waals surface area contributed by atoms with E-state index in [1.54, 1.807) is 12.1 Å². The lowest BCUT2D eigenvalue weighted by molar-refractivity contribution is -0.119. The van der Waals surface area contributed by atoms with Gasteiger partial charge in [0.05, 0.1) is 16.7 Å². The van der Waals surface area contributed by atoms with E-state index in [0.717, 1.165) is 11.1 Å². The third-order valence-electron chi connectivity index (χ3n) is 4.50. The van der Waals surface area contributed by atoms with Gasteiger partial charge in [-0.15, -0.1) is 11.6 Å². The summed E-state index contributed by atoms with van der Waals surface area (Å²) in [6.07, 6.45) is 0.699. The number of aryl methyl sites for hydroxylation is 2. The molecule has 32 heavy (non-hydrogen) atoms. The summed E-state index contributed by atoms with van der Waals surface area (Å²) < 4.78 is 11.8. The number of amidine groups is 2. The number of alkyl halides is 1. The molecule has 0 aromatic heterocycles. The van der Waals surface area contributed by atoms with Gasteiger partial charge in [-0.3, -0.25) is 15.1 Å². The van der Waals surface area contributed by atoms with Crippen LogP contribution in [0.5, 0.6) is 11.5 Å². The molecule has 0 spiro atoms. The molecule has 2 aliphatic rings. The van der Waals surface area contributed by atoms with Crippen LogP contribution in [0.3, 0.4) is 0 Å². The van der Waals surface area contributed by atoms with E-state index in [1.807, 2.05) is 31.2 Å². The molecule has 0 saturated carbocycles. The first kappa shape index (κ1) is 21.7. The largest absolute Gasteiger partial charge is 0.435 e. The molecular formula is C22H17Cl2N5O3. The zero-order chi connectivity index (χ0) is 22.7. The van der Waals surface area contributed by atoms with Crippen molar-refractivity contribution in [3.05, 3.63) is 69.7 Å². The van der Waals surface area contributed by atoms with Gasteiger partial charge in [0.15, 0.2) is 5.84 Å². The van der Waals surface area contributed by atoms with Crippen LogP contribution in [0, 0.1) is 18.3 Å². The molecule has 2 aliphatic heterocycles. The number of carbonyl (C=O) groups excluding carboxylic acids is 1. The number of hydrogen-bond donors (Lipinski definition) is 2. The van der Waals surface area contributed by atoms with Crippen molar-refractivity contribution in [1.29, 1.82) is 5.26 Å². The number of fused-ring (bicyclic) bond motifs is 1. The minimum absolute atomic E-state index is 0.0242. The number of carbonyl (C=O) groups is 1. The number of hydrogen-bond acceptors (Lipinski definition) is 7. The minimum Gasteiger partial charge on any atom is -0.435 e. The first-order valence-corrected chi connectivity index (χ1v) is 10.5. The Morgan fingerprint density at radius 3 is 2.81 bits per heavy atom. The summed E-state index contributed by atoms with van der Waals surface area (Å²) in [7, 11) is 0. The number of halogens is 2. The second-order valence-corrected chi connectivity index (χ2v) is 7.77. The highest BCUT2D eigenvalue weighted by Crippen LogP contribution is 2.29. The molecule has 2 aromatic rings. The quantitative estimate of drug-likeness (QED) is 0.652. The Morgan fingerprint density at radius 1 is 1.19 bits per heavy atom. The molecule has 0 bridgehead atoms. The Balaban J connectivity index is 1.70. The molecule has 4 rings (SSSR count). The summed E-state index contributed by atoms with van der Waals surface area (Å²) in [6.45, 7) is 1.90. The van der Waals surface area contributed by atoms with Gasteiger partial charge < -0.3 is 14.8 Å². The number of rotatable bonds is 5. The van der Waals surface area contributed by atoms with Crippen molar-refractivity contribution in [2.75, 3.05) is 12.4 Å². The van der Waals surface area contributed by atoms with Gasteiger partial charge in [-0.1, -0.05) is 17.7 Å². The fourth-order valence-corrected chi connectivity index (χ4v) is 3.50. The summed E-state index contributed by atoms with van der Waals surface area (Å²) in [5.74, 6) is 1.31. The van der Waals surface area contributed by atoms with Gasteiger partial charge in [0.1, 0.15) is 23.7 Å². The first-order chi connectivity index (χ1) is 15.4. The van der Waals surface area contributed by atoms with E-state index in [-0.39, 0.29) is 40.8 Å². The Labute approximate surface area is 194 Å². The second-order valence-electron chi connectivity index (χ2n) is 6.99. The third kappa shape index (κ3) is 4.85. The molecule has 0 radical (unpaired) electrons. The number of aliphatic imine (C=N–C) groups is 2. The van der Waals surface area contributed by atoms with Crippen LogP contribution >= 0.6 is 23.2 Å². The summed E-state index contributed by atoms with van der Waals surface area (Å²) in [5, 5.41) is 15.1. The van der Waals surface area contributed by atoms with Crippen molar-refractivity contribution < 1.29 is 14.3 Å². The lowest BCUT2D eigenvalue weighted by atomic mass is 10.1. The van der Waals surface area contributed by atoms with Crippen LogP contribution in [0.1, 0.15) is 16.7 Å². The standard InChI is InChI=1S/C22H17Cl2N5O3/c1-12-6-13(4-5-23)8-15(7-12)31-22-28-20-19(27-18(30)11-26-20)21(29-22)32-17-9-14(10-25)2-3-16(17)24/h2-3,6-9H,4-5,11H2,1H3,(H,27,30)(H,26,28,29). The molecule has 0 aliphatic carbocycles. The van der Waals surface area contributed by atoms with Crippen LogP contribution in [0.25, 0.3) is 0 Å². The van der Waals surface area contributed by atoms with Crippen LogP contribution in [-0.4, -0.2) is 30.2 Å². The SMILES string of the molecule is Cc1cc(CCCl)cc(OC2=NC(Oc3cc(C#N)ccc3Cl)=C3NC(=O)CN=C3N2)c1. The molecule has 0 unspecified atom stereocenters. The predicted molar refractivity (Wildman–Crippen MR) is 121 cm³/mol. The lowest BCUT2D eigenvalue weighted by Gasteiger charge is -2.25. The topological polar surface area (TPSA) is 108 Å². The van der Waals surface area contributed by atoms with Crippen LogP contribution in [-0.2, 0) is 11.2 Å². The highest BCUT2D eigenvalue weighted by molar-refractivity contribution is 6.32. The summed E-state index contributed by atoms with van der Waals surface area (Å²) in [4.78, 5) is 20.5. The maximum absolute atomic E-state index is 11.9. The first-order valence-electron chi connectivity index (χ1n) is 9.61. The van der Waals surface area contributed by atoms with Crippen LogP contribution in [0.4, 0.5) is 0 Å². The maximum Gasteiger partial charge on any atom is 0.304 e. The van der Waals surface area contributed by atoms with Gasteiger partial charge in [0.25, 0.3) is 5.88 Å². The number of nitrogens with one attached hydrogen (secondary N) is 2. The number of nitriles is 1. The zero-order valence-electron chi connectivity index (χ0n) is 16.9. The highest BCUT2D eigenvalue weighted by Gasteiger charge is 2.29. The molecular weight excluding hydrogens is 453 g/mol. The summed E-state index contributed by atoms with van der Waals surface area (Å²) in [6, 6.07) is 12.5. The van der Waals surface area contributed by atoms with Gasteiger partial charge >= 0.3 is 6.02 Å². The van der Waals surface area contributed by atoms with Crippen molar-refractivity contribution in [3.8, 4) is 17.6 Å². The third-order valence-corrected chi connectivity index (χ3v) is 5.00. The molecule has 2 N–H and O–H groups in total. The van der Waals surface area contributed by atoms with E-state index in [1.165, 1.54) is 6.07 Å². The molecule has 1 amide bonds. The van der Waals surface area contributed by atoms with Crippen LogP contribution in [0.15, 0.2) is 58.0 Å². The van der Waals surface area contributed by atoms with E-state index < -0.39 is 0 Å². The molecule has 0 atom stereocenters. The van der Waals surface area contributed by atoms with E-state index >= 15 is 0 Å². The molecule has 2 aromatic carbocycles. The number of ether oxygens (including phenoxy) is 2. The van der Waals surface area contributed by atoms with Crippen LogP contribution in [0.2, 0.25) is 5.02 Å². The fourth-order valence-electron chi connectivity index (χ4n) is 3.13. The molecule has 0 saturated heterocycles. The van der Waals surface area contributed by atoms with Crippen molar-refractivity contribution >= 4 is 41.0 Å². The summed E-state index contributed by atoms with van der Waals surface area (Å²) >= 11 is 12.1. The molecule has 2 heterocycles. The Bertz CT molecular complexity index is 1230. The van der Waals surface area contributed by atoms with Gasteiger partial charge in [0, 0.05) is 11.9 Å². The average Bonchev–Trinajstić information content (AvgIpc) is 2.75. The predicted octanol–water partition coefficient (Wildman–Crippen LogP) is 3.42. The number of benzene rings is 2. The van der Waals surface area contributed by atoms with Crippen molar-refractivity contribution in [2.45, 2.75) is 13.3 Å². The Kier molecular flexibility index (Phi) is 6.30. The lowest BCUT2D eigenvalue weighted by Crippen LogP contribution is -2.48. The van der Waals surface area contributed by atoms with Gasteiger partial charge in [-0.2, -0.15) is 10.3 Å². The normalized spacial score (nSPS) is 15.0.